The number of methoxy groups -OCH3 is 1. The van der Waals surface area contributed by atoms with E-state index < -0.39 is 10.4 Å². The van der Waals surface area contributed by atoms with Gasteiger partial charge in [0.25, 0.3) is 11.6 Å². The molecule has 1 aliphatic rings. The highest BCUT2D eigenvalue weighted by molar-refractivity contribution is 8.05. The van der Waals surface area contributed by atoms with Gasteiger partial charge in [-0.1, -0.05) is 35.0 Å². The zero-order chi connectivity index (χ0) is 22.8. The summed E-state index contributed by atoms with van der Waals surface area (Å²) in [5.41, 5.74) is 0.497. The Kier molecular flexibility index (Phi) is 6.31. The summed E-state index contributed by atoms with van der Waals surface area (Å²) in [6, 6.07) is 12.9. The summed E-state index contributed by atoms with van der Waals surface area (Å²) in [5.74, 6) is 1.16. The van der Waals surface area contributed by atoms with Gasteiger partial charge in [-0.15, -0.1) is 0 Å². The predicted molar refractivity (Wildman–Crippen MR) is 125 cm³/mol. The molecule has 3 aromatic rings. The molecule has 11 heteroatoms. The van der Waals surface area contributed by atoms with Crippen LogP contribution in [0.15, 0.2) is 57.9 Å². The SMILES string of the molecule is COc1ccc(Cl)cc1NC1NC(=O)/C(=C/c2ccc(-c3ccc(Cl)c([N+](=O)[O-])c3)o2)S1. The fourth-order valence-electron chi connectivity index (χ4n) is 3.02. The van der Waals surface area contributed by atoms with Crippen molar-refractivity contribution in [2.75, 3.05) is 12.4 Å². The van der Waals surface area contributed by atoms with Crippen LogP contribution >= 0.6 is 35.0 Å². The highest BCUT2D eigenvalue weighted by Crippen LogP contribution is 2.35. The van der Waals surface area contributed by atoms with Gasteiger partial charge < -0.3 is 19.8 Å². The molecule has 4 rings (SSSR count). The Bertz CT molecular complexity index is 1240. The minimum Gasteiger partial charge on any atom is -0.495 e. The monoisotopic (exact) mass is 491 g/mol. The summed E-state index contributed by atoms with van der Waals surface area (Å²) in [4.78, 5) is 23.4. The zero-order valence-corrected chi connectivity index (χ0v) is 18.8. The van der Waals surface area contributed by atoms with Gasteiger partial charge in [0.1, 0.15) is 22.3 Å². The number of anilines is 1. The van der Waals surface area contributed by atoms with Crippen LogP contribution in [0.5, 0.6) is 5.75 Å². The number of carbonyl (C=O) groups is 1. The Labute approximate surface area is 196 Å². The van der Waals surface area contributed by atoms with Gasteiger partial charge in [0.15, 0.2) is 5.50 Å². The molecule has 1 unspecified atom stereocenters. The largest absolute Gasteiger partial charge is 0.495 e. The van der Waals surface area contributed by atoms with Gasteiger partial charge in [-0.05, 0) is 42.5 Å². The number of rotatable bonds is 6. The average molecular weight is 492 g/mol. The smallest absolute Gasteiger partial charge is 0.288 e. The lowest BCUT2D eigenvalue weighted by molar-refractivity contribution is -0.384. The minimum atomic E-state index is -0.556. The van der Waals surface area contributed by atoms with E-state index in [4.69, 9.17) is 32.4 Å². The number of hydrogen-bond donors (Lipinski definition) is 2. The molecular weight excluding hydrogens is 477 g/mol. The first kappa shape index (κ1) is 22.1. The number of furan rings is 1. The van der Waals surface area contributed by atoms with Crippen molar-refractivity contribution in [1.29, 1.82) is 0 Å². The molecule has 0 saturated carbocycles. The number of nitro benzene ring substituents is 1. The van der Waals surface area contributed by atoms with E-state index in [1.54, 1.807) is 49.6 Å². The highest BCUT2D eigenvalue weighted by Gasteiger charge is 2.28. The Hall–Kier alpha value is -3.14. The molecule has 0 spiro atoms. The van der Waals surface area contributed by atoms with Crippen LogP contribution in [0.25, 0.3) is 17.4 Å². The molecule has 1 aromatic heterocycles. The van der Waals surface area contributed by atoms with E-state index in [0.717, 1.165) is 0 Å². The standard InChI is InChI=1S/C21H15Cl2N3O5S/c1-30-18-6-3-12(22)9-15(18)24-21-25-20(27)19(32-21)10-13-4-7-17(31-13)11-2-5-14(23)16(8-11)26(28)29/h2-10,21,24H,1H3,(H,25,27)/b19-10-. The number of amides is 1. The lowest BCUT2D eigenvalue weighted by Gasteiger charge is -2.15. The maximum atomic E-state index is 12.4. The molecule has 164 valence electrons. The molecule has 2 N–H and O–H groups in total. The van der Waals surface area contributed by atoms with Crippen molar-refractivity contribution in [2.24, 2.45) is 0 Å². The fraction of sp³-hybridized carbons (Fsp3) is 0.0952. The average Bonchev–Trinajstić information content (AvgIpc) is 3.35. The zero-order valence-electron chi connectivity index (χ0n) is 16.4. The number of nitrogens with one attached hydrogen (secondary N) is 2. The number of hydrogen-bond acceptors (Lipinski definition) is 7. The van der Waals surface area contributed by atoms with E-state index in [-0.39, 0.29) is 16.6 Å². The normalized spacial score (nSPS) is 16.8. The second-order valence-electron chi connectivity index (χ2n) is 6.59. The second kappa shape index (κ2) is 9.15. The first-order chi connectivity index (χ1) is 15.3. The van der Waals surface area contributed by atoms with Gasteiger partial charge in [0.2, 0.25) is 0 Å². The third kappa shape index (κ3) is 4.69. The summed E-state index contributed by atoms with van der Waals surface area (Å²) < 4.78 is 11.1. The van der Waals surface area contributed by atoms with E-state index in [0.29, 0.717) is 38.4 Å². The molecule has 32 heavy (non-hydrogen) atoms. The molecule has 8 nitrogen and oxygen atoms in total. The number of thioether (sulfide) groups is 1. The third-order valence-corrected chi connectivity index (χ3v) is 6.09. The van der Waals surface area contributed by atoms with Crippen molar-refractivity contribution in [3.05, 3.63) is 79.4 Å². The quantitative estimate of drug-likeness (QED) is 0.256. The van der Waals surface area contributed by atoms with Crippen LogP contribution in [0.4, 0.5) is 11.4 Å². The number of nitrogens with zero attached hydrogens (tertiary/aromatic N) is 1. The van der Waals surface area contributed by atoms with Crippen molar-refractivity contribution < 1.29 is 18.9 Å². The van der Waals surface area contributed by atoms with Crippen molar-refractivity contribution in [3.8, 4) is 17.1 Å². The Morgan fingerprint density at radius 2 is 2.03 bits per heavy atom. The van der Waals surface area contributed by atoms with Crippen LogP contribution in [0, 0.1) is 10.1 Å². The molecule has 1 amide bonds. The van der Waals surface area contributed by atoms with E-state index >= 15 is 0 Å². The lowest BCUT2D eigenvalue weighted by atomic mass is 10.1. The fourth-order valence-corrected chi connectivity index (χ4v) is 4.33. The van der Waals surface area contributed by atoms with Gasteiger partial charge in [-0.3, -0.25) is 14.9 Å². The molecule has 2 aromatic carbocycles. The van der Waals surface area contributed by atoms with Crippen LogP contribution < -0.4 is 15.4 Å². The first-order valence-electron chi connectivity index (χ1n) is 9.17. The predicted octanol–water partition coefficient (Wildman–Crippen LogP) is 5.77. The van der Waals surface area contributed by atoms with Crippen molar-refractivity contribution >= 4 is 58.3 Å². The molecule has 1 saturated heterocycles. The summed E-state index contributed by atoms with van der Waals surface area (Å²) >= 11 is 13.2. The van der Waals surface area contributed by atoms with Crippen LogP contribution in [0.1, 0.15) is 5.76 Å². The Balaban J connectivity index is 1.52. The third-order valence-electron chi connectivity index (χ3n) is 4.51. The maximum Gasteiger partial charge on any atom is 0.288 e. The summed E-state index contributed by atoms with van der Waals surface area (Å²) in [5, 5.41) is 17.7. The molecule has 2 heterocycles. The van der Waals surface area contributed by atoms with E-state index in [1.165, 1.54) is 23.9 Å². The van der Waals surface area contributed by atoms with Gasteiger partial charge in [0, 0.05) is 22.7 Å². The van der Waals surface area contributed by atoms with Gasteiger partial charge >= 0.3 is 0 Å². The van der Waals surface area contributed by atoms with E-state index in [9.17, 15) is 14.9 Å². The highest BCUT2D eigenvalue weighted by atomic mass is 35.5. The number of benzene rings is 2. The molecule has 0 radical (unpaired) electrons. The van der Waals surface area contributed by atoms with Gasteiger partial charge in [-0.25, -0.2) is 0 Å². The van der Waals surface area contributed by atoms with Gasteiger partial charge in [-0.2, -0.15) is 0 Å². The van der Waals surface area contributed by atoms with Crippen molar-refractivity contribution in [3.63, 3.8) is 0 Å². The summed E-state index contributed by atoms with van der Waals surface area (Å²) in [6.07, 6.45) is 1.60. The van der Waals surface area contributed by atoms with Crippen LogP contribution in [0.2, 0.25) is 10.0 Å². The van der Waals surface area contributed by atoms with Crippen molar-refractivity contribution in [1.82, 2.24) is 5.32 Å². The molecule has 0 bridgehead atoms. The maximum absolute atomic E-state index is 12.4. The van der Waals surface area contributed by atoms with Crippen molar-refractivity contribution in [2.45, 2.75) is 5.50 Å². The van der Waals surface area contributed by atoms with Crippen LogP contribution in [0.3, 0.4) is 0 Å². The number of nitro groups is 1. The van der Waals surface area contributed by atoms with E-state index in [2.05, 4.69) is 10.6 Å². The number of carbonyl (C=O) groups excluding carboxylic acids is 1. The first-order valence-corrected chi connectivity index (χ1v) is 10.8. The summed E-state index contributed by atoms with van der Waals surface area (Å²) in [6.45, 7) is 0. The van der Waals surface area contributed by atoms with E-state index in [1.807, 2.05) is 0 Å². The minimum absolute atomic E-state index is 0.0431. The van der Waals surface area contributed by atoms with Gasteiger partial charge in [0.05, 0.1) is 22.6 Å². The summed E-state index contributed by atoms with van der Waals surface area (Å²) in [7, 11) is 1.55. The molecule has 1 fully saturated rings. The second-order valence-corrected chi connectivity index (χ2v) is 8.58. The molecular formula is C21H15Cl2N3O5S. The lowest BCUT2D eigenvalue weighted by Crippen LogP contribution is -2.31. The molecule has 1 aliphatic heterocycles. The Morgan fingerprint density at radius 3 is 2.78 bits per heavy atom. The molecule has 1 atom stereocenters. The Morgan fingerprint density at radius 1 is 1.22 bits per heavy atom. The molecule has 0 aliphatic carbocycles. The van der Waals surface area contributed by atoms with Crippen LogP contribution in [-0.4, -0.2) is 23.4 Å². The number of halogens is 2. The van der Waals surface area contributed by atoms with Crippen LogP contribution in [-0.2, 0) is 4.79 Å². The number of ether oxygens (including phenoxy) is 1. The topological polar surface area (TPSA) is 107 Å².